The number of nitrogens with zero attached hydrogens (tertiary/aromatic N) is 1. The molecule has 78 valence electrons. The van der Waals surface area contributed by atoms with Crippen LogP contribution in [0.4, 0.5) is 5.69 Å². The van der Waals surface area contributed by atoms with E-state index in [0.717, 1.165) is 12.5 Å². The van der Waals surface area contributed by atoms with E-state index in [4.69, 9.17) is 4.74 Å². The summed E-state index contributed by atoms with van der Waals surface area (Å²) in [4.78, 5) is 2.57. The van der Waals surface area contributed by atoms with Gasteiger partial charge in [-0.2, -0.15) is 0 Å². The van der Waals surface area contributed by atoms with Crippen LogP contribution < -0.4 is 4.90 Å². The Hall–Kier alpha value is -1.02. The number of benzene rings is 1. The highest BCUT2D eigenvalue weighted by molar-refractivity contribution is 5.66. The number of rotatable bonds is 0. The lowest BCUT2D eigenvalue weighted by molar-refractivity contribution is 0.0890. The zero-order chi connectivity index (χ0) is 9.83. The number of ether oxygens (including phenoxy) is 1. The van der Waals surface area contributed by atoms with Crippen LogP contribution >= 0.6 is 0 Å². The maximum Gasteiger partial charge on any atom is 0.0890 e. The van der Waals surface area contributed by atoms with Crippen molar-refractivity contribution in [1.82, 2.24) is 0 Å². The molecular formula is C13H15NO. The van der Waals surface area contributed by atoms with Gasteiger partial charge in [0.05, 0.1) is 6.10 Å². The molecule has 2 heteroatoms. The van der Waals surface area contributed by atoms with E-state index in [2.05, 4.69) is 23.1 Å². The van der Waals surface area contributed by atoms with Gasteiger partial charge in [0.1, 0.15) is 0 Å². The lowest BCUT2D eigenvalue weighted by atomic mass is 9.89. The van der Waals surface area contributed by atoms with E-state index >= 15 is 0 Å². The Morgan fingerprint density at radius 1 is 1.33 bits per heavy atom. The van der Waals surface area contributed by atoms with Crippen molar-refractivity contribution in [2.45, 2.75) is 18.9 Å². The second-order valence-electron chi connectivity index (χ2n) is 4.89. The Kier molecular flexibility index (Phi) is 1.50. The van der Waals surface area contributed by atoms with Gasteiger partial charge in [-0.05, 0) is 18.4 Å². The molecule has 2 atom stereocenters. The number of para-hydroxylation sites is 1. The Labute approximate surface area is 89.8 Å². The van der Waals surface area contributed by atoms with Gasteiger partial charge in [0.2, 0.25) is 0 Å². The molecule has 4 rings (SSSR count). The smallest absolute Gasteiger partial charge is 0.0890 e. The topological polar surface area (TPSA) is 12.5 Å². The average Bonchev–Trinajstić information content (AvgIpc) is 2.87. The summed E-state index contributed by atoms with van der Waals surface area (Å²) in [6.45, 7) is 3.39. The van der Waals surface area contributed by atoms with Crippen molar-refractivity contribution in [3.63, 3.8) is 0 Å². The zero-order valence-electron chi connectivity index (χ0n) is 8.78. The van der Waals surface area contributed by atoms with Gasteiger partial charge in [0, 0.05) is 36.9 Å². The number of anilines is 1. The second-order valence-corrected chi connectivity index (χ2v) is 4.89. The summed E-state index contributed by atoms with van der Waals surface area (Å²) < 4.78 is 5.89. The molecule has 0 aliphatic carbocycles. The number of hydrogen-bond donors (Lipinski definition) is 0. The summed E-state index contributed by atoms with van der Waals surface area (Å²) in [5.41, 5.74) is 4.49. The third kappa shape index (κ3) is 0.979. The van der Waals surface area contributed by atoms with Gasteiger partial charge < -0.3 is 9.64 Å². The molecule has 1 aromatic carbocycles. The largest absolute Gasteiger partial charge is 0.373 e. The SMILES string of the molecule is c1cc2c3c(c1)C1OCCC1CN3CC2. The molecule has 3 aliphatic heterocycles. The first-order chi connectivity index (χ1) is 7.43. The van der Waals surface area contributed by atoms with Gasteiger partial charge in [-0.1, -0.05) is 18.2 Å². The average molecular weight is 201 g/mol. The van der Waals surface area contributed by atoms with E-state index in [0.29, 0.717) is 6.10 Å². The molecule has 1 saturated heterocycles. The predicted molar refractivity (Wildman–Crippen MR) is 59.2 cm³/mol. The van der Waals surface area contributed by atoms with Crippen molar-refractivity contribution in [1.29, 1.82) is 0 Å². The first kappa shape index (κ1) is 8.17. The molecule has 0 bridgehead atoms. The first-order valence-corrected chi connectivity index (χ1v) is 5.92. The quantitative estimate of drug-likeness (QED) is 0.637. The van der Waals surface area contributed by atoms with E-state index in [9.17, 15) is 0 Å². The van der Waals surface area contributed by atoms with Crippen LogP contribution in [0.15, 0.2) is 18.2 Å². The third-order valence-electron chi connectivity index (χ3n) is 4.09. The molecule has 1 fully saturated rings. The number of fused-ring (bicyclic) bond motifs is 2. The van der Waals surface area contributed by atoms with E-state index in [1.165, 1.54) is 42.7 Å². The zero-order valence-corrected chi connectivity index (χ0v) is 8.78. The van der Waals surface area contributed by atoms with Gasteiger partial charge in [0.25, 0.3) is 0 Å². The van der Waals surface area contributed by atoms with E-state index < -0.39 is 0 Å². The standard InChI is InChI=1S/C13H15NO/c1-2-9-4-6-14-8-10-5-7-15-13(10)11(3-1)12(9)14/h1-3,10,13H,4-8H2. The summed E-state index contributed by atoms with van der Waals surface area (Å²) >= 11 is 0. The van der Waals surface area contributed by atoms with E-state index in [-0.39, 0.29) is 0 Å². The molecule has 0 spiro atoms. The Morgan fingerprint density at radius 2 is 2.33 bits per heavy atom. The minimum absolute atomic E-state index is 0.397. The van der Waals surface area contributed by atoms with Crippen LogP contribution in [0.1, 0.15) is 23.7 Å². The minimum atomic E-state index is 0.397. The van der Waals surface area contributed by atoms with Crippen molar-refractivity contribution in [2.24, 2.45) is 5.92 Å². The first-order valence-electron chi connectivity index (χ1n) is 5.92. The molecule has 3 heterocycles. The molecule has 2 unspecified atom stereocenters. The van der Waals surface area contributed by atoms with Gasteiger partial charge in [-0.3, -0.25) is 0 Å². The molecule has 0 N–H and O–H groups in total. The summed E-state index contributed by atoms with van der Waals surface area (Å²) in [6.07, 6.45) is 2.86. The van der Waals surface area contributed by atoms with Gasteiger partial charge in [0.15, 0.2) is 0 Å². The molecule has 0 radical (unpaired) electrons. The maximum atomic E-state index is 5.89. The fourth-order valence-electron chi connectivity index (χ4n) is 3.43. The second kappa shape index (κ2) is 2.76. The van der Waals surface area contributed by atoms with Crippen LogP contribution in [0.2, 0.25) is 0 Å². The molecule has 0 amide bonds. The highest BCUT2D eigenvalue weighted by Gasteiger charge is 2.40. The monoisotopic (exact) mass is 201 g/mol. The molecule has 0 saturated carbocycles. The van der Waals surface area contributed by atoms with E-state index in [1.54, 1.807) is 0 Å². The molecule has 3 aliphatic rings. The van der Waals surface area contributed by atoms with Crippen molar-refractivity contribution in [3.05, 3.63) is 29.3 Å². The number of hydrogen-bond acceptors (Lipinski definition) is 2. The fourth-order valence-corrected chi connectivity index (χ4v) is 3.43. The van der Waals surface area contributed by atoms with E-state index in [1.807, 2.05) is 0 Å². The summed E-state index contributed by atoms with van der Waals surface area (Å²) in [7, 11) is 0. The Balaban J connectivity index is 1.92. The lowest BCUT2D eigenvalue weighted by Gasteiger charge is -2.34. The molecule has 1 aromatic rings. The van der Waals surface area contributed by atoms with Crippen molar-refractivity contribution in [3.8, 4) is 0 Å². The van der Waals surface area contributed by atoms with Crippen LogP contribution in [0.3, 0.4) is 0 Å². The lowest BCUT2D eigenvalue weighted by Crippen LogP contribution is -2.34. The van der Waals surface area contributed by atoms with Crippen molar-refractivity contribution in [2.75, 3.05) is 24.6 Å². The van der Waals surface area contributed by atoms with Gasteiger partial charge in [-0.25, -0.2) is 0 Å². The van der Waals surface area contributed by atoms with Gasteiger partial charge in [-0.15, -0.1) is 0 Å². The highest BCUT2D eigenvalue weighted by atomic mass is 16.5. The van der Waals surface area contributed by atoms with Crippen LogP contribution in [0.25, 0.3) is 0 Å². The van der Waals surface area contributed by atoms with Gasteiger partial charge >= 0.3 is 0 Å². The fraction of sp³-hybridized carbons (Fsp3) is 0.538. The van der Waals surface area contributed by atoms with Crippen molar-refractivity contribution >= 4 is 5.69 Å². The molecule has 2 nitrogen and oxygen atoms in total. The van der Waals surface area contributed by atoms with Crippen LogP contribution in [0.5, 0.6) is 0 Å². The predicted octanol–water partition coefficient (Wildman–Crippen LogP) is 2.14. The molecular weight excluding hydrogens is 186 g/mol. The maximum absolute atomic E-state index is 5.89. The summed E-state index contributed by atoms with van der Waals surface area (Å²) in [5.74, 6) is 0.742. The highest BCUT2D eigenvalue weighted by Crippen LogP contribution is 2.47. The minimum Gasteiger partial charge on any atom is -0.373 e. The normalized spacial score (nSPS) is 31.6. The summed E-state index contributed by atoms with van der Waals surface area (Å²) in [6, 6.07) is 6.73. The molecule has 15 heavy (non-hydrogen) atoms. The van der Waals surface area contributed by atoms with Crippen LogP contribution in [-0.2, 0) is 11.2 Å². The van der Waals surface area contributed by atoms with Crippen molar-refractivity contribution < 1.29 is 4.74 Å². The molecule has 0 aromatic heterocycles. The summed E-state index contributed by atoms with van der Waals surface area (Å²) in [5, 5.41) is 0. The Bertz CT molecular complexity index is 415. The van der Waals surface area contributed by atoms with Crippen LogP contribution in [0, 0.1) is 5.92 Å². The Morgan fingerprint density at radius 3 is 3.33 bits per heavy atom. The van der Waals surface area contributed by atoms with Crippen LogP contribution in [-0.4, -0.2) is 19.7 Å². The third-order valence-corrected chi connectivity index (χ3v) is 4.09.